The van der Waals surface area contributed by atoms with Crippen molar-refractivity contribution in [1.29, 1.82) is 11.0 Å². The first-order valence-electron chi connectivity index (χ1n) is 15.4. The van der Waals surface area contributed by atoms with Crippen molar-refractivity contribution in [2.45, 2.75) is 9.79 Å². The molecule has 0 radical (unpaired) electrons. The molecule has 0 saturated heterocycles. The number of hydrogen-bond acceptors (Lipinski definition) is 12. The van der Waals surface area contributed by atoms with Crippen molar-refractivity contribution < 1.29 is 38.2 Å². The highest BCUT2D eigenvalue weighted by atomic mass is 32.2. The molecule has 0 fully saturated rings. The molecule has 6 aromatic rings. The molecule has 0 heterocycles. The number of nitrogens with two attached hydrogens (primary N) is 2. The summed E-state index contributed by atoms with van der Waals surface area (Å²) in [5.41, 5.74) is 19.1. The highest BCUT2D eigenvalue weighted by Gasteiger charge is 2.31. The van der Waals surface area contributed by atoms with Gasteiger partial charge >= 0.3 is 0 Å². The molecular formula is C34H28N6O8S2. The van der Waals surface area contributed by atoms with Crippen LogP contribution in [0.2, 0.25) is 2.82 Å². The molecule has 16 heteroatoms. The molecule has 0 atom stereocenters. The van der Waals surface area contributed by atoms with E-state index in [1.807, 2.05) is 0 Å². The summed E-state index contributed by atoms with van der Waals surface area (Å²) in [6.07, 6.45) is 0. The number of nitrogens with zero attached hydrogens (tertiary/aromatic N) is 2. The standard InChI is InChI=1S/C34H28N6O8S2/c1-47-25-15-17(11-13-23(25)27-19-7-3-5-9-21(19)29(35)31(39-37)33(27)49(41,42)43)18-12-14-24(26(16-18)48-2)28-20-8-4-6-10-22(20)30(36)32(40-38)34(28)50(44,45)46/h3-16,37-38H,35-36H2,1-2H3,(H,41,42,43)(H,44,45,46)/b39-37+,40-38+. The second-order valence-corrected chi connectivity index (χ2v) is 13.7. The fourth-order valence-electron chi connectivity index (χ4n) is 6.24. The van der Waals surface area contributed by atoms with Gasteiger partial charge in [-0.2, -0.15) is 27.1 Å². The van der Waals surface area contributed by atoms with Crippen molar-refractivity contribution in [2.75, 3.05) is 25.7 Å². The van der Waals surface area contributed by atoms with Gasteiger partial charge in [-0.1, -0.05) is 60.7 Å². The average Bonchev–Trinajstić information content (AvgIpc) is 3.12. The summed E-state index contributed by atoms with van der Waals surface area (Å²) in [6.45, 7) is 0. The molecule has 8 N–H and O–H groups in total. The lowest BCUT2D eigenvalue weighted by Crippen LogP contribution is -2.06. The fraction of sp³-hybridized carbons (Fsp3) is 0.0588. The molecule has 0 aliphatic rings. The number of nitrogen functional groups attached to an aromatic ring is 2. The topological polar surface area (TPSA) is 252 Å². The van der Waals surface area contributed by atoms with Gasteiger partial charge < -0.3 is 20.9 Å². The van der Waals surface area contributed by atoms with Gasteiger partial charge in [0.15, 0.2) is 0 Å². The van der Waals surface area contributed by atoms with E-state index in [0.717, 1.165) is 0 Å². The third-order valence-corrected chi connectivity index (χ3v) is 10.2. The van der Waals surface area contributed by atoms with Gasteiger partial charge in [0.2, 0.25) is 2.82 Å². The predicted octanol–water partition coefficient (Wildman–Crippen LogP) is 7.99. The smallest absolute Gasteiger partial charge is 0.297 e. The Hall–Kier alpha value is -5.94. The molecule has 0 aromatic heterocycles. The summed E-state index contributed by atoms with van der Waals surface area (Å²) in [6, 6.07) is 22.9. The summed E-state index contributed by atoms with van der Waals surface area (Å²) in [5, 5.41) is 8.76. The number of anilines is 2. The Morgan fingerprint density at radius 1 is 0.620 bits per heavy atom. The minimum Gasteiger partial charge on any atom is -0.496 e. The van der Waals surface area contributed by atoms with Crippen molar-refractivity contribution in [2.24, 2.45) is 10.2 Å². The highest BCUT2D eigenvalue weighted by Crippen LogP contribution is 2.50. The quantitative estimate of drug-likeness (QED) is 0.0478. The third kappa shape index (κ3) is 5.45. The Kier molecular flexibility index (Phi) is 7.83. The Labute approximate surface area is 288 Å². The van der Waals surface area contributed by atoms with Gasteiger partial charge in [-0.3, -0.25) is 9.11 Å². The number of rotatable bonds is 9. The van der Waals surface area contributed by atoms with Crippen LogP contribution in [0.3, 0.4) is 0 Å². The van der Waals surface area contributed by atoms with Gasteiger partial charge in [0.25, 0.3) is 20.2 Å². The number of methoxy groups -OCH3 is 2. The van der Waals surface area contributed by atoms with Crippen LogP contribution >= 0.6 is 0 Å². The number of benzene rings is 6. The first kappa shape index (κ1) is 31.3. The second kappa shape index (κ2) is 12.5. The molecule has 254 valence electrons. The van der Waals surface area contributed by atoms with Crippen molar-refractivity contribution in [3.8, 4) is 44.9 Å². The Morgan fingerprint density at radius 2 is 0.980 bits per heavy atom. The molecule has 0 saturated carbocycles. The monoisotopic (exact) mass is 712 g/mol. The van der Waals surface area contributed by atoms with Gasteiger partial charge in [0.05, 0.1) is 25.6 Å². The van der Waals surface area contributed by atoms with Crippen LogP contribution in [0.4, 0.5) is 22.7 Å². The predicted molar refractivity (Wildman–Crippen MR) is 189 cm³/mol. The lowest BCUT2D eigenvalue weighted by Gasteiger charge is -2.20. The van der Waals surface area contributed by atoms with Crippen molar-refractivity contribution in [1.82, 2.24) is 0 Å². The van der Waals surface area contributed by atoms with Crippen LogP contribution < -0.4 is 20.9 Å². The first-order valence-corrected chi connectivity index (χ1v) is 17.4. The van der Waals surface area contributed by atoms with Gasteiger partial charge in [-0.05, 0) is 46.2 Å². The minimum absolute atomic E-state index is 0.0135. The zero-order valence-corrected chi connectivity index (χ0v) is 27.8. The van der Waals surface area contributed by atoms with E-state index in [0.29, 0.717) is 32.7 Å². The maximum Gasteiger partial charge on any atom is 0.297 e. The van der Waals surface area contributed by atoms with Crippen molar-refractivity contribution in [3.05, 3.63) is 84.9 Å². The zero-order valence-electron chi connectivity index (χ0n) is 28.2. The van der Waals surface area contributed by atoms with E-state index in [2.05, 4.69) is 21.3 Å². The van der Waals surface area contributed by atoms with Crippen LogP contribution in [-0.2, 0) is 20.2 Å². The molecular weight excluding hydrogens is 685 g/mol. The first-order chi connectivity index (χ1) is 24.8. The molecule has 14 nitrogen and oxygen atoms in total. The SMILES string of the molecule is [H]/N=N/c1c(S(=O)(=O)O)c(-c2ccc(-c3ccc(-c4c(S(=O)(=O)O)c(/N=N/[H])c(N)c5ccccc45)c(OC)c3)cc2OC)c2ccccc2c1N. The van der Waals surface area contributed by atoms with Gasteiger partial charge in [-0.25, -0.2) is 11.0 Å². The Morgan fingerprint density at radius 3 is 1.30 bits per heavy atom. The molecule has 0 unspecified atom stereocenters. The highest BCUT2D eigenvalue weighted by molar-refractivity contribution is 7.86. The number of nitrogens with one attached hydrogen (secondary N) is 2. The fourth-order valence-corrected chi connectivity index (χ4v) is 7.99. The van der Waals surface area contributed by atoms with Crippen LogP contribution in [0.25, 0.3) is 54.9 Å². The second-order valence-electron chi connectivity index (χ2n) is 11.0. The molecule has 0 aliphatic heterocycles. The lowest BCUT2D eigenvalue weighted by atomic mass is 9.92. The van der Waals surface area contributed by atoms with E-state index in [1.165, 1.54) is 14.2 Å². The third-order valence-electron chi connectivity index (χ3n) is 8.36. The molecule has 0 bridgehead atoms. The van der Waals surface area contributed by atoms with E-state index in [9.17, 15) is 25.9 Å². The van der Waals surface area contributed by atoms with E-state index >= 15 is 0 Å². The summed E-state index contributed by atoms with van der Waals surface area (Å²) < 4.78 is 98.3. The minimum atomic E-state index is -5.00. The molecule has 50 heavy (non-hydrogen) atoms. The number of hydrogen-bond donors (Lipinski definition) is 6. The molecule has 0 amide bonds. The average molecular weight is 713 g/mol. The van der Waals surface area contributed by atoms with Gasteiger partial charge in [-0.15, -0.1) is 0 Å². The Bertz CT molecular complexity index is 2540. The summed E-state index contributed by atoms with van der Waals surface area (Å²) in [5.74, 6) is 0.357. The van der Waals surface area contributed by atoms with E-state index in [1.54, 1.807) is 84.9 Å². The van der Waals surface area contributed by atoms with E-state index < -0.39 is 41.4 Å². The zero-order chi connectivity index (χ0) is 37.5. The van der Waals surface area contributed by atoms with Crippen LogP contribution in [0, 0.1) is 11.0 Å². The normalized spacial score (nSPS) is 12.9. The molecule has 6 rings (SSSR count). The van der Waals surface area contributed by atoms with E-state index in [-0.39, 0.29) is 45.1 Å². The van der Waals surface area contributed by atoms with Crippen molar-refractivity contribution in [3.63, 3.8) is 0 Å². The lowest BCUT2D eigenvalue weighted by molar-refractivity contribution is 0.416. The van der Waals surface area contributed by atoms with E-state index in [4.69, 9.17) is 23.8 Å². The maximum absolute atomic E-state index is 12.9. The number of fused-ring (bicyclic) bond motifs is 2. The van der Waals surface area contributed by atoms with Gasteiger partial charge in [0, 0.05) is 33.0 Å². The van der Waals surface area contributed by atoms with Crippen molar-refractivity contribution >= 4 is 64.5 Å². The Balaban J connectivity index is 1.61. The summed E-state index contributed by atoms with van der Waals surface area (Å²) >= 11 is 0. The largest absolute Gasteiger partial charge is 0.496 e. The summed E-state index contributed by atoms with van der Waals surface area (Å²) in [7, 11) is -7.25. The number of ether oxygens (including phenoxy) is 2. The van der Waals surface area contributed by atoms with Crippen LogP contribution in [0.1, 0.15) is 0 Å². The van der Waals surface area contributed by atoms with Gasteiger partial charge in [0.1, 0.15) is 32.7 Å². The van der Waals surface area contributed by atoms with Crippen LogP contribution in [-0.4, -0.2) is 40.2 Å². The molecule has 0 aliphatic carbocycles. The van der Waals surface area contributed by atoms with Crippen LogP contribution in [0.15, 0.2) is 105 Å². The van der Waals surface area contributed by atoms with Crippen LogP contribution in [0.5, 0.6) is 11.5 Å². The summed E-state index contributed by atoms with van der Waals surface area (Å²) in [4.78, 5) is -1.32. The molecule has 6 aromatic carbocycles. The maximum atomic E-state index is 12.9. The molecule has 0 spiro atoms.